The Morgan fingerprint density at radius 2 is 1.53 bits per heavy atom. The molecule has 1 N–H and O–H groups in total. The molecule has 0 saturated heterocycles. The summed E-state index contributed by atoms with van der Waals surface area (Å²) in [5.74, 6) is 0.627. The molecule has 3 heteroatoms. The smallest absolute Gasteiger partial charge is 0.305 e. The number of hydrogen-bond donors (Lipinski definition) is 1. The Morgan fingerprint density at radius 1 is 0.947 bits per heavy atom. The second-order valence-corrected chi connectivity index (χ2v) is 5.86. The number of aliphatic hydroxyl groups is 1. The number of methoxy groups -OCH3 is 1. The molecule has 0 heterocycles. The third kappa shape index (κ3) is 13.7. The van der Waals surface area contributed by atoms with Gasteiger partial charge in [-0.1, -0.05) is 52.4 Å². The van der Waals surface area contributed by atoms with Gasteiger partial charge in [-0.2, -0.15) is 0 Å². The summed E-state index contributed by atoms with van der Waals surface area (Å²) < 4.78 is 4.59. The summed E-state index contributed by atoms with van der Waals surface area (Å²) >= 11 is 0. The Kier molecular flexibility index (Phi) is 12.1. The Morgan fingerprint density at radius 3 is 2.16 bits per heavy atom. The molecule has 114 valence electrons. The van der Waals surface area contributed by atoms with Crippen molar-refractivity contribution < 1.29 is 14.6 Å². The van der Waals surface area contributed by atoms with Crippen molar-refractivity contribution in [2.45, 2.75) is 84.2 Å². The lowest BCUT2D eigenvalue weighted by atomic mass is 10.0. The molecule has 0 aliphatic heterocycles. The van der Waals surface area contributed by atoms with Crippen LogP contribution >= 0.6 is 0 Å². The van der Waals surface area contributed by atoms with Gasteiger partial charge in [0.2, 0.25) is 0 Å². The number of rotatable bonds is 12. The van der Waals surface area contributed by atoms with E-state index in [1.807, 2.05) is 0 Å². The first kappa shape index (κ1) is 18.4. The van der Waals surface area contributed by atoms with Gasteiger partial charge in [-0.3, -0.25) is 4.79 Å². The van der Waals surface area contributed by atoms with Gasteiger partial charge < -0.3 is 9.84 Å². The highest BCUT2D eigenvalue weighted by Crippen LogP contribution is 2.14. The summed E-state index contributed by atoms with van der Waals surface area (Å²) in [5, 5.41) is 9.81. The highest BCUT2D eigenvalue weighted by atomic mass is 16.5. The van der Waals surface area contributed by atoms with E-state index >= 15 is 0 Å². The topological polar surface area (TPSA) is 46.5 Å². The molecule has 19 heavy (non-hydrogen) atoms. The molecular weight excluding hydrogens is 240 g/mol. The lowest BCUT2D eigenvalue weighted by molar-refractivity contribution is -0.140. The van der Waals surface area contributed by atoms with E-state index in [4.69, 9.17) is 0 Å². The predicted octanol–water partition coefficient (Wildman–Crippen LogP) is 4.08. The first-order valence-corrected chi connectivity index (χ1v) is 7.81. The third-order valence-corrected chi connectivity index (χ3v) is 3.46. The molecule has 0 radical (unpaired) electrons. The lowest BCUT2D eigenvalue weighted by Gasteiger charge is -2.11. The fourth-order valence-corrected chi connectivity index (χ4v) is 2.19. The van der Waals surface area contributed by atoms with E-state index in [9.17, 15) is 9.90 Å². The van der Waals surface area contributed by atoms with Crippen LogP contribution in [0.15, 0.2) is 0 Å². The number of ether oxygens (including phenoxy) is 1. The summed E-state index contributed by atoms with van der Waals surface area (Å²) in [5.41, 5.74) is 0. The molecule has 1 unspecified atom stereocenters. The molecule has 1 atom stereocenters. The third-order valence-electron chi connectivity index (χ3n) is 3.46. The maximum atomic E-state index is 10.9. The summed E-state index contributed by atoms with van der Waals surface area (Å²) in [6.07, 6.45) is 10.0. The summed E-state index contributed by atoms with van der Waals surface area (Å²) in [7, 11) is 1.43. The molecule has 0 bridgehead atoms. The van der Waals surface area contributed by atoms with Crippen molar-refractivity contribution in [1.82, 2.24) is 0 Å². The highest BCUT2D eigenvalue weighted by Gasteiger charge is 2.05. The summed E-state index contributed by atoms with van der Waals surface area (Å²) in [4.78, 5) is 10.9. The van der Waals surface area contributed by atoms with Crippen molar-refractivity contribution in [3.8, 4) is 0 Å². The van der Waals surface area contributed by atoms with Crippen LogP contribution in [0.4, 0.5) is 0 Å². The Balaban J connectivity index is 3.22. The first-order chi connectivity index (χ1) is 9.06. The average Bonchev–Trinajstić information content (AvgIpc) is 2.36. The number of aliphatic hydroxyl groups excluding tert-OH is 1. The SMILES string of the molecule is COC(=O)CCCCCCCC(O)CCCC(C)C. The fraction of sp³-hybridized carbons (Fsp3) is 0.938. The van der Waals surface area contributed by atoms with Crippen LogP contribution in [0.2, 0.25) is 0 Å². The van der Waals surface area contributed by atoms with Gasteiger partial charge in [-0.15, -0.1) is 0 Å². The fourth-order valence-electron chi connectivity index (χ4n) is 2.19. The monoisotopic (exact) mass is 272 g/mol. The maximum absolute atomic E-state index is 10.9. The van der Waals surface area contributed by atoms with E-state index in [0.29, 0.717) is 6.42 Å². The molecule has 0 saturated carbocycles. The van der Waals surface area contributed by atoms with Crippen molar-refractivity contribution in [3.63, 3.8) is 0 Å². The van der Waals surface area contributed by atoms with Crippen LogP contribution in [0.25, 0.3) is 0 Å². The minimum Gasteiger partial charge on any atom is -0.469 e. The van der Waals surface area contributed by atoms with Crippen LogP contribution in [0, 0.1) is 5.92 Å². The van der Waals surface area contributed by atoms with Gasteiger partial charge in [0.15, 0.2) is 0 Å². The molecule has 0 aliphatic rings. The average molecular weight is 272 g/mol. The Bertz CT molecular complexity index is 214. The molecule has 0 aromatic rings. The number of carbonyl (C=O) groups is 1. The standard InChI is InChI=1S/C16H32O3/c1-14(2)10-9-12-15(17)11-7-5-4-6-8-13-16(18)19-3/h14-15,17H,4-13H2,1-3H3. The lowest BCUT2D eigenvalue weighted by Crippen LogP contribution is -2.06. The predicted molar refractivity (Wildman–Crippen MR) is 79.0 cm³/mol. The molecule has 0 aromatic heterocycles. The second kappa shape index (κ2) is 12.5. The van der Waals surface area contributed by atoms with Crippen LogP contribution in [0.1, 0.15) is 78.1 Å². The largest absolute Gasteiger partial charge is 0.469 e. The number of unbranched alkanes of at least 4 members (excludes halogenated alkanes) is 4. The quantitative estimate of drug-likeness (QED) is 0.430. The minimum absolute atomic E-state index is 0.111. The van der Waals surface area contributed by atoms with Crippen LogP contribution in [0.5, 0.6) is 0 Å². The Hall–Kier alpha value is -0.570. The number of carbonyl (C=O) groups excluding carboxylic acids is 1. The van der Waals surface area contributed by atoms with Crippen molar-refractivity contribution in [1.29, 1.82) is 0 Å². The van der Waals surface area contributed by atoms with E-state index in [1.54, 1.807) is 0 Å². The molecule has 0 fully saturated rings. The van der Waals surface area contributed by atoms with E-state index < -0.39 is 0 Å². The normalized spacial score (nSPS) is 12.7. The van der Waals surface area contributed by atoms with Gasteiger partial charge in [-0.25, -0.2) is 0 Å². The number of hydrogen-bond acceptors (Lipinski definition) is 3. The molecule has 0 rings (SSSR count). The molecular formula is C16H32O3. The van der Waals surface area contributed by atoms with Crippen LogP contribution in [-0.4, -0.2) is 24.3 Å². The zero-order valence-electron chi connectivity index (χ0n) is 13.0. The van der Waals surface area contributed by atoms with E-state index in [-0.39, 0.29) is 12.1 Å². The molecule has 0 spiro atoms. The molecule has 0 amide bonds. The zero-order valence-corrected chi connectivity index (χ0v) is 13.0. The molecule has 0 aromatic carbocycles. The van der Waals surface area contributed by atoms with Gasteiger partial charge in [0.25, 0.3) is 0 Å². The summed E-state index contributed by atoms with van der Waals surface area (Å²) in [6.45, 7) is 4.45. The molecule has 0 aliphatic carbocycles. The van der Waals surface area contributed by atoms with E-state index in [0.717, 1.165) is 57.3 Å². The van der Waals surface area contributed by atoms with Crippen molar-refractivity contribution in [2.75, 3.05) is 7.11 Å². The first-order valence-electron chi connectivity index (χ1n) is 7.81. The van der Waals surface area contributed by atoms with E-state index in [2.05, 4.69) is 18.6 Å². The van der Waals surface area contributed by atoms with Gasteiger partial charge in [0, 0.05) is 6.42 Å². The zero-order chi connectivity index (χ0) is 14.5. The van der Waals surface area contributed by atoms with Crippen molar-refractivity contribution in [2.24, 2.45) is 5.92 Å². The highest BCUT2D eigenvalue weighted by molar-refractivity contribution is 5.68. The van der Waals surface area contributed by atoms with Crippen LogP contribution < -0.4 is 0 Å². The van der Waals surface area contributed by atoms with E-state index in [1.165, 1.54) is 13.5 Å². The molecule has 3 nitrogen and oxygen atoms in total. The maximum Gasteiger partial charge on any atom is 0.305 e. The van der Waals surface area contributed by atoms with Gasteiger partial charge in [0.05, 0.1) is 13.2 Å². The van der Waals surface area contributed by atoms with Crippen LogP contribution in [0.3, 0.4) is 0 Å². The second-order valence-electron chi connectivity index (χ2n) is 5.86. The van der Waals surface area contributed by atoms with Gasteiger partial charge >= 0.3 is 5.97 Å². The summed E-state index contributed by atoms with van der Waals surface area (Å²) in [6, 6.07) is 0. The number of esters is 1. The minimum atomic E-state index is -0.117. The Labute approximate surface area is 118 Å². The van der Waals surface area contributed by atoms with Crippen molar-refractivity contribution in [3.05, 3.63) is 0 Å². The van der Waals surface area contributed by atoms with Gasteiger partial charge in [0.1, 0.15) is 0 Å². The van der Waals surface area contributed by atoms with Crippen LogP contribution in [-0.2, 0) is 9.53 Å². The van der Waals surface area contributed by atoms with Crippen molar-refractivity contribution >= 4 is 5.97 Å². The van der Waals surface area contributed by atoms with Gasteiger partial charge in [-0.05, 0) is 25.2 Å².